The van der Waals surface area contributed by atoms with Crippen molar-refractivity contribution >= 4 is 42.2 Å². The van der Waals surface area contributed by atoms with E-state index in [1.807, 2.05) is 13.8 Å². The Labute approximate surface area is 304 Å². The van der Waals surface area contributed by atoms with Crippen LogP contribution in [0.3, 0.4) is 0 Å². The van der Waals surface area contributed by atoms with Gasteiger partial charge >= 0.3 is 42.2 Å². The van der Waals surface area contributed by atoms with Gasteiger partial charge in [-0.25, -0.2) is 9.59 Å². The number of carboxylic acids is 1. The number of ether oxygens (including phenoxy) is 8. The van der Waals surface area contributed by atoms with Gasteiger partial charge in [0.05, 0.1) is 56.5 Å². The number of carbonyl (C=O) groups excluding carboxylic acids is 6. The summed E-state index contributed by atoms with van der Waals surface area (Å²) in [5.41, 5.74) is 0. The predicted molar refractivity (Wildman–Crippen MR) is 187 cm³/mol. The Morgan fingerprint density at radius 1 is 0.451 bits per heavy atom. The molecule has 0 aliphatic rings. The number of methoxy groups -OCH3 is 1. The Kier molecular flexibility index (Phi) is 37.9. The lowest BCUT2D eigenvalue weighted by Crippen LogP contribution is -2.31. The summed E-state index contributed by atoms with van der Waals surface area (Å²) in [5.74, 6) is -2.67. The summed E-state index contributed by atoms with van der Waals surface area (Å²) in [7, 11) is 1.39. The second-order valence-electron chi connectivity index (χ2n) is 12.0. The van der Waals surface area contributed by atoms with Crippen molar-refractivity contribution in [1.29, 1.82) is 0 Å². The molecular formula is C35H66O16. The minimum atomic E-state index is -0.913. The van der Waals surface area contributed by atoms with Crippen LogP contribution in [0.1, 0.15) is 111 Å². The van der Waals surface area contributed by atoms with Gasteiger partial charge in [0.25, 0.3) is 6.29 Å². The zero-order chi connectivity index (χ0) is 41.4. The Hall–Kier alpha value is -4.11. The quantitative estimate of drug-likeness (QED) is 0.117. The average molecular weight is 743 g/mol. The summed E-state index contributed by atoms with van der Waals surface area (Å²) in [5, 5.41) is 7.99. The smallest absolute Gasteiger partial charge is 0.481 e. The molecule has 0 aromatic heterocycles. The van der Waals surface area contributed by atoms with Gasteiger partial charge in [-0.3, -0.25) is 24.0 Å². The van der Waals surface area contributed by atoms with E-state index >= 15 is 0 Å². The fourth-order valence-electron chi connectivity index (χ4n) is 1.95. The molecule has 0 saturated heterocycles. The van der Waals surface area contributed by atoms with E-state index in [4.69, 9.17) is 19.3 Å². The van der Waals surface area contributed by atoms with Crippen molar-refractivity contribution in [3.05, 3.63) is 0 Å². The normalized spacial score (nSPS) is 11.0. The third-order valence-corrected chi connectivity index (χ3v) is 4.93. The second-order valence-corrected chi connectivity index (χ2v) is 12.0. The zero-order valence-corrected chi connectivity index (χ0v) is 33.8. The molecule has 2 atom stereocenters. The van der Waals surface area contributed by atoms with E-state index in [2.05, 4.69) is 23.7 Å². The maximum absolute atomic E-state index is 11.3. The summed E-state index contributed by atoms with van der Waals surface area (Å²) in [6, 6.07) is 0. The minimum Gasteiger partial charge on any atom is -0.481 e. The molecule has 2 unspecified atom stereocenters. The summed E-state index contributed by atoms with van der Waals surface area (Å²) in [6.45, 7) is 28.4. The van der Waals surface area contributed by atoms with Crippen LogP contribution in [-0.2, 0) is 61.9 Å². The number of aliphatic carboxylic acids is 1. The van der Waals surface area contributed by atoms with Crippen LogP contribution >= 0.6 is 0 Å². The molecule has 0 aliphatic heterocycles. The molecular weight excluding hydrogens is 676 g/mol. The Balaban J connectivity index is -0.000000182. The lowest BCUT2D eigenvalue weighted by molar-refractivity contribution is -0.182. The molecule has 16 nitrogen and oxygen atoms in total. The third kappa shape index (κ3) is 40.2. The lowest BCUT2D eigenvalue weighted by atomic mass is 10.2. The van der Waals surface area contributed by atoms with Gasteiger partial charge in [0, 0.05) is 12.8 Å². The molecule has 16 heteroatoms. The van der Waals surface area contributed by atoms with Gasteiger partial charge in [0.2, 0.25) is 6.29 Å². The number of carboxylic acid groups (broad SMARTS) is 1. The molecule has 1 N–H and O–H groups in total. The standard InChI is InChI=1S/C11H20O5.C9H16O5.C6H12O2.C5H10O2.C4H8O2/c1-6-14-11(13)16-10(8(4)5)15-9(12)7(2)3;1-5-12-9(11)14-7(4)13-8(10)6(2)3;1-4-8-6(7)5(2)3;1-4(2)5(6)7-3;1-3(2)4(5)6/h7-8,10H,6H2,1-5H3;6-7H,5H2,1-4H3;5H,4H2,1-3H3;4H,1-3H3;3H,1-2H3,(H,5,6). The van der Waals surface area contributed by atoms with Gasteiger partial charge in [-0.15, -0.1) is 0 Å². The minimum absolute atomic E-state index is 0.00463. The van der Waals surface area contributed by atoms with E-state index in [9.17, 15) is 33.6 Å². The van der Waals surface area contributed by atoms with E-state index in [0.717, 1.165) is 0 Å². The van der Waals surface area contributed by atoms with Crippen molar-refractivity contribution in [2.45, 2.75) is 123 Å². The highest BCUT2D eigenvalue weighted by molar-refractivity contribution is 5.73. The van der Waals surface area contributed by atoms with Crippen LogP contribution in [0.2, 0.25) is 0 Å². The summed E-state index contributed by atoms with van der Waals surface area (Å²) in [4.78, 5) is 74.7. The van der Waals surface area contributed by atoms with E-state index in [0.29, 0.717) is 6.61 Å². The maximum Gasteiger partial charge on any atom is 0.511 e. The Bertz CT molecular complexity index is 971. The fraction of sp³-hybridized carbons (Fsp3) is 0.800. The van der Waals surface area contributed by atoms with E-state index in [1.54, 1.807) is 90.0 Å². The molecule has 0 rings (SSSR count). The Morgan fingerprint density at radius 3 is 1.02 bits per heavy atom. The van der Waals surface area contributed by atoms with Crippen LogP contribution in [0.5, 0.6) is 0 Å². The molecule has 51 heavy (non-hydrogen) atoms. The molecule has 302 valence electrons. The number of carbonyl (C=O) groups is 7. The zero-order valence-electron chi connectivity index (χ0n) is 33.8. The van der Waals surface area contributed by atoms with E-state index in [-0.39, 0.29) is 60.7 Å². The topological polar surface area (TPSA) is 214 Å². The molecule has 0 aromatic carbocycles. The predicted octanol–water partition coefficient (Wildman–Crippen LogP) is 6.79. The first-order valence-corrected chi connectivity index (χ1v) is 16.9. The first kappa shape index (κ1) is 56.3. The van der Waals surface area contributed by atoms with E-state index in [1.165, 1.54) is 14.0 Å². The van der Waals surface area contributed by atoms with Crippen molar-refractivity contribution < 1.29 is 76.6 Å². The molecule has 0 aromatic rings. The molecule has 0 saturated carbocycles. The van der Waals surface area contributed by atoms with Crippen LogP contribution in [0.25, 0.3) is 0 Å². The molecule has 0 bridgehead atoms. The highest BCUT2D eigenvalue weighted by atomic mass is 16.8. The number of hydrogen-bond donors (Lipinski definition) is 1. The summed E-state index contributed by atoms with van der Waals surface area (Å²) in [6.07, 6.45) is -3.47. The van der Waals surface area contributed by atoms with Crippen LogP contribution in [-0.4, -0.2) is 86.8 Å². The highest BCUT2D eigenvalue weighted by Crippen LogP contribution is 2.12. The Morgan fingerprint density at radius 2 is 0.784 bits per heavy atom. The number of hydrogen-bond acceptors (Lipinski definition) is 15. The van der Waals surface area contributed by atoms with Crippen LogP contribution < -0.4 is 0 Å². The average Bonchev–Trinajstić information content (AvgIpc) is 3.01. The van der Waals surface area contributed by atoms with Crippen LogP contribution in [0.4, 0.5) is 9.59 Å². The van der Waals surface area contributed by atoms with Crippen molar-refractivity contribution in [3.63, 3.8) is 0 Å². The molecule has 0 amide bonds. The van der Waals surface area contributed by atoms with Crippen molar-refractivity contribution in [2.75, 3.05) is 26.9 Å². The lowest BCUT2D eigenvalue weighted by Gasteiger charge is -2.21. The summed E-state index contributed by atoms with van der Waals surface area (Å²) >= 11 is 0. The largest absolute Gasteiger partial charge is 0.511 e. The van der Waals surface area contributed by atoms with Crippen molar-refractivity contribution in [3.8, 4) is 0 Å². The van der Waals surface area contributed by atoms with Gasteiger partial charge in [-0.05, 0) is 20.8 Å². The van der Waals surface area contributed by atoms with Gasteiger partial charge in [-0.1, -0.05) is 83.1 Å². The maximum atomic E-state index is 11.3. The molecule has 0 spiro atoms. The van der Waals surface area contributed by atoms with Crippen LogP contribution in [0.15, 0.2) is 0 Å². The van der Waals surface area contributed by atoms with Crippen molar-refractivity contribution in [1.82, 2.24) is 0 Å². The van der Waals surface area contributed by atoms with Gasteiger partial charge in [0.1, 0.15) is 0 Å². The molecule has 0 heterocycles. The number of rotatable bonds is 13. The monoisotopic (exact) mass is 742 g/mol. The highest BCUT2D eigenvalue weighted by Gasteiger charge is 2.24. The molecule has 0 fully saturated rings. The SMILES string of the molecule is CC(C)C(=O)O.CCOC(=O)C(C)C.CCOC(=O)OC(C)OC(=O)C(C)C.CCOC(=O)OC(OC(=O)C(C)C)C(C)C.COC(=O)C(C)C. The molecule has 0 aliphatic carbocycles. The van der Waals surface area contributed by atoms with Gasteiger partial charge in [-0.2, -0.15) is 0 Å². The van der Waals surface area contributed by atoms with Gasteiger partial charge < -0.3 is 43.0 Å². The van der Waals surface area contributed by atoms with Gasteiger partial charge in [0.15, 0.2) is 0 Å². The fourth-order valence-corrected chi connectivity index (χ4v) is 1.95. The van der Waals surface area contributed by atoms with Crippen molar-refractivity contribution in [2.24, 2.45) is 35.5 Å². The second kappa shape index (κ2) is 34.3. The third-order valence-electron chi connectivity index (χ3n) is 4.93. The first-order valence-electron chi connectivity index (χ1n) is 16.9. The number of esters is 4. The van der Waals surface area contributed by atoms with E-state index < -0.39 is 42.8 Å². The van der Waals surface area contributed by atoms with Crippen LogP contribution in [0, 0.1) is 35.5 Å². The summed E-state index contributed by atoms with van der Waals surface area (Å²) < 4.78 is 37.4. The molecule has 0 radical (unpaired) electrons. The first-order chi connectivity index (χ1) is 23.4.